The van der Waals surface area contributed by atoms with E-state index in [-0.39, 0.29) is 5.41 Å². The van der Waals surface area contributed by atoms with Crippen LogP contribution in [0.5, 0.6) is 0 Å². The topological polar surface area (TPSA) is 64.5 Å². The lowest BCUT2D eigenvalue weighted by Crippen LogP contribution is -2.14. The highest BCUT2D eigenvalue weighted by molar-refractivity contribution is 6.10. The molecule has 0 unspecified atom stereocenters. The maximum Gasteiger partial charge on any atom is 0.164 e. The van der Waals surface area contributed by atoms with Gasteiger partial charge >= 0.3 is 0 Å². The molecule has 0 radical (unpaired) electrons. The smallest absolute Gasteiger partial charge is 0.164 e. The fourth-order valence-electron chi connectivity index (χ4n) is 8.74. The number of benzene rings is 7. The fourth-order valence-corrected chi connectivity index (χ4v) is 8.74. The van der Waals surface area contributed by atoms with Gasteiger partial charge in [0.15, 0.2) is 17.5 Å². The highest BCUT2D eigenvalue weighted by atomic mass is 15.0. The third-order valence-electron chi connectivity index (χ3n) is 11.6. The molecule has 1 aliphatic rings. The third kappa shape index (κ3) is 5.42. The zero-order chi connectivity index (χ0) is 38.1. The zero-order valence-electron chi connectivity index (χ0n) is 31.5. The second-order valence-corrected chi connectivity index (χ2v) is 15.3. The number of rotatable bonds is 5. The molecule has 0 saturated heterocycles. The number of fused-ring (bicyclic) bond motifs is 8. The molecule has 11 rings (SSSR count). The molecule has 3 heterocycles. The van der Waals surface area contributed by atoms with E-state index in [1.807, 2.05) is 85.2 Å². The summed E-state index contributed by atoms with van der Waals surface area (Å²) in [6, 6.07) is 57.8. The lowest BCUT2D eigenvalue weighted by molar-refractivity contribution is 0.661. The van der Waals surface area contributed by atoms with Crippen molar-refractivity contribution >= 4 is 32.6 Å². The molecule has 0 N–H and O–H groups in total. The molecule has 10 aromatic rings. The average Bonchev–Trinajstić information content (AvgIpc) is 3.51. The Kier molecular flexibility index (Phi) is 7.45. The normalized spacial score (nSPS) is 12.9. The molecule has 3 aromatic heterocycles. The first-order chi connectivity index (χ1) is 28.0. The maximum atomic E-state index is 5.18. The number of pyridine rings is 2. The van der Waals surface area contributed by atoms with E-state index in [4.69, 9.17) is 24.9 Å². The van der Waals surface area contributed by atoms with Crippen LogP contribution in [0.1, 0.15) is 25.0 Å². The Hall–Kier alpha value is -7.37. The summed E-state index contributed by atoms with van der Waals surface area (Å²) in [7, 11) is 0. The van der Waals surface area contributed by atoms with Crippen LogP contribution in [0.4, 0.5) is 0 Å². The van der Waals surface area contributed by atoms with Gasteiger partial charge in [-0.3, -0.25) is 9.97 Å². The fraction of sp³-hybridized carbons (Fsp3) is 0.0577. The van der Waals surface area contributed by atoms with Crippen LogP contribution in [0.2, 0.25) is 0 Å². The Bertz CT molecular complexity index is 3150. The van der Waals surface area contributed by atoms with E-state index in [0.29, 0.717) is 17.5 Å². The van der Waals surface area contributed by atoms with Gasteiger partial charge in [0.05, 0.1) is 11.0 Å². The van der Waals surface area contributed by atoms with Gasteiger partial charge in [0.1, 0.15) is 0 Å². The molecule has 5 nitrogen and oxygen atoms in total. The van der Waals surface area contributed by atoms with E-state index in [2.05, 4.69) is 105 Å². The summed E-state index contributed by atoms with van der Waals surface area (Å²) < 4.78 is 0. The van der Waals surface area contributed by atoms with Gasteiger partial charge in [-0.05, 0) is 97.7 Å². The van der Waals surface area contributed by atoms with Crippen LogP contribution < -0.4 is 0 Å². The van der Waals surface area contributed by atoms with Crippen LogP contribution >= 0.6 is 0 Å². The standard InChI is InChI=1S/C52H35N5/c1-52(2)44-23-22-35(30-43(44)46-40-19-10-9-13-32(40)21-24-45(46)52)37-27-38(42-31-36-18-11-25-53-47(36)48-41(42)20-12-26-54-48)29-39(28-37)51-56-49(33-14-5-3-6-15-33)55-50(57-51)34-16-7-4-8-17-34/h3-31H,1-2H3. The van der Waals surface area contributed by atoms with Crippen molar-refractivity contribution in [2.45, 2.75) is 19.3 Å². The SMILES string of the molecule is CC1(C)c2ccc(-c3cc(-c4nc(-c5ccccc5)nc(-c5ccccc5)n4)cc(-c4cc5cccnc5c5ncccc45)c3)cc2-c2c1ccc1ccccc21. The molecule has 57 heavy (non-hydrogen) atoms. The van der Waals surface area contributed by atoms with E-state index < -0.39 is 0 Å². The van der Waals surface area contributed by atoms with Gasteiger partial charge in [0.2, 0.25) is 0 Å². The zero-order valence-corrected chi connectivity index (χ0v) is 31.5. The molecule has 0 atom stereocenters. The molecule has 268 valence electrons. The second kappa shape index (κ2) is 12.9. The van der Waals surface area contributed by atoms with Gasteiger partial charge < -0.3 is 0 Å². The summed E-state index contributed by atoms with van der Waals surface area (Å²) in [6.45, 7) is 4.68. The molecule has 0 fully saturated rings. The number of nitrogens with zero attached hydrogens (tertiary/aromatic N) is 5. The summed E-state index contributed by atoms with van der Waals surface area (Å²) in [5, 5.41) is 4.60. The molecule has 0 aliphatic heterocycles. The maximum absolute atomic E-state index is 5.18. The molecule has 0 bridgehead atoms. The predicted octanol–water partition coefficient (Wildman–Crippen LogP) is 12.8. The van der Waals surface area contributed by atoms with Crippen molar-refractivity contribution in [3.8, 4) is 67.5 Å². The first-order valence-corrected chi connectivity index (χ1v) is 19.3. The Morgan fingerprint density at radius 2 is 0.947 bits per heavy atom. The highest BCUT2D eigenvalue weighted by Crippen LogP contribution is 2.52. The van der Waals surface area contributed by atoms with Gasteiger partial charge in [-0.1, -0.05) is 135 Å². The minimum atomic E-state index is -0.127. The second-order valence-electron chi connectivity index (χ2n) is 15.3. The lowest BCUT2D eigenvalue weighted by Gasteiger charge is -2.21. The molecule has 0 saturated carbocycles. The monoisotopic (exact) mass is 729 g/mol. The van der Waals surface area contributed by atoms with Crippen molar-refractivity contribution in [1.82, 2.24) is 24.9 Å². The van der Waals surface area contributed by atoms with Crippen molar-refractivity contribution < 1.29 is 0 Å². The first-order valence-electron chi connectivity index (χ1n) is 19.3. The first kappa shape index (κ1) is 33.0. The van der Waals surface area contributed by atoms with Crippen LogP contribution in [0.15, 0.2) is 176 Å². The van der Waals surface area contributed by atoms with Crippen molar-refractivity contribution in [2.75, 3.05) is 0 Å². The highest BCUT2D eigenvalue weighted by Gasteiger charge is 2.36. The van der Waals surface area contributed by atoms with Crippen molar-refractivity contribution in [1.29, 1.82) is 0 Å². The number of hydrogen-bond acceptors (Lipinski definition) is 5. The van der Waals surface area contributed by atoms with Gasteiger partial charge in [-0.2, -0.15) is 0 Å². The van der Waals surface area contributed by atoms with Crippen LogP contribution in [0, 0.1) is 0 Å². The minimum Gasteiger partial charge on any atom is -0.254 e. The summed E-state index contributed by atoms with van der Waals surface area (Å²) in [5.74, 6) is 1.86. The Morgan fingerprint density at radius 3 is 1.70 bits per heavy atom. The molecule has 5 heteroatoms. The van der Waals surface area contributed by atoms with E-state index in [1.165, 1.54) is 33.0 Å². The van der Waals surface area contributed by atoms with E-state index in [1.54, 1.807) is 0 Å². The average molecular weight is 730 g/mol. The van der Waals surface area contributed by atoms with E-state index in [0.717, 1.165) is 60.8 Å². The predicted molar refractivity (Wildman–Crippen MR) is 233 cm³/mol. The molecular formula is C52H35N5. The largest absolute Gasteiger partial charge is 0.254 e. The van der Waals surface area contributed by atoms with Crippen LogP contribution in [-0.2, 0) is 5.41 Å². The van der Waals surface area contributed by atoms with Crippen molar-refractivity contribution in [2.24, 2.45) is 0 Å². The van der Waals surface area contributed by atoms with E-state index in [9.17, 15) is 0 Å². The quantitative estimate of drug-likeness (QED) is 0.165. The van der Waals surface area contributed by atoms with E-state index >= 15 is 0 Å². The lowest BCUT2D eigenvalue weighted by atomic mass is 9.81. The van der Waals surface area contributed by atoms with Crippen LogP contribution in [-0.4, -0.2) is 24.9 Å². The summed E-state index contributed by atoms with van der Waals surface area (Å²) in [4.78, 5) is 24.9. The Balaban J connectivity index is 1.18. The Morgan fingerprint density at radius 1 is 0.368 bits per heavy atom. The number of hydrogen-bond donors (Lipinski definition) is 0. The molecule has 7 aromatic carbocycles. The summed E-state index contributed by atoms with van der Waals surface area (Å²) >= 11 is 0. The molecule has 0 amide bonds. The van der Waals surface area contributed by atoms with Gasteiger partial charge in [-0.15, -0.1) is 0 Å². The molecule has 0 spiro atoms. The van der Waals surface area contributed by atoms with Crippen LogP contribution in [0.3, 0.4) is 0 Å². The van der Waals surface area contributed by atoms with Gasteiger partial charge in [0, 0.05) is 45.3 Å². The Labute approximate surface area is 330 Å². The van der Waals surface area contributed by atoms with Gasteiger partial charge in [-0.25, -0.2) is 15.0 Å². The summed E-state index contributed by atoms with van der Waals surface area (Å²) in [6.07, 6.45) is 3.68. The number of aromatic nitrogens is 5. The molecule has 1 aliphatic carbocycles. The minimum absolute atomic E-state index is 0.127. The molecular weight excluding hydrogens is 695 g/mol. The van der Waals surface area contributed by atoms with Gasteiger partial charge in [0.25, 0.3) is 0 Å². The summed E-state index contributed by atoms with van der Waals surface area (Å²) in [5.41, 5.74) is 14.0. The van der Waals surface area contributed by atoms with Crippen LogP contribution in [0.25, 0.3) is 100 Å². The van der Waals surface area contributed by atoms with Crippen molar-refractivity contribution in [3.63, 3.8) is 0 Å². The third-order valence-corrected chi connectivity index (χ3v) is 11.6. The van der Waals surface area contributed by atoms with Crippen molar-refractivity contribution in [3.05, 3.63) is 187 Å².